The number of anilines is 1. The highest BCUT2D eigenvalue weighted by Crippen LogP contribution is 2.27. The minimum atomic E-state index is -0.155. The number of amides is 2. The Balaban J connectivity index is 1.86. The van der Waals surface area contributed by atoms with Crippen LogP contribution in [0.15, 0.2) is 18.2 Å². The molecular formula is C24H37N3O5. The number of ether oxygens (including phenoxy) is 3. The van der Waals surface area contributed by atoms with E-state index in [0.717, 1.165) is 6.54 Å². The Kier molecular flexibility index (Phi) is 8.51. The quantitative estimate of drug-likeness (QED) is 0.767. The van der Waals surface area contributed by atoms with Crippen LogP contribution in [0, 0.1) is 11.8 Å². The molecule has 1 aromatic rings. The molecule has 178 valence electrons. The van der Waals surface area contributed by atoms with E-state index in [1.54, 1.807) is 37.3 Å². The minimum Gasteiger partial charge on any atom is -0.491 e. The maximum absolute atomic E-state index is 13.4. The van der Waals surface area contributed by atoms with Crippen molar-refractivity contribution < 1.29 is 23.8 Å². The maximum atomic E-state index is 13.4. The van der Waals surface area contributed by atoms with Gasteiger partial charge in [0, 0.05) is 58.1 Å². The standard InChI is InChI=1S/C24H37N3O5/c1-16-13-26(3)17(2)15-32-21-7-6-19(25-23(28)18-8-10-31-11-9-18)12-20(21)24(29)27(4)14-22(16)30-5/h6-7,12,16-18,22H,8-11,13-15H2,1-5H3,(H,25,28)/t16-,17+,22+/m0/s1. The number of likely N-dealkylation sites (N-methyl/N-ethyl adjacent to an activating group) is 2. The summed E-state index contributed by atoms with van der Waals surface area (Å²) in [6, 6.07) is 5.46. The third-order valence-electron chi connectivity index (χ3n) is 6.62. The second kappa shape index (κ2) is 11.1. The van der Waals surface area contributed by atoms with Gasteiger partial charge in [-0.1, -0.05) is 6.92 Å². The number of nitrogens with zero attached hydrogens (tertiary/aromatic N) is 2. The van der Waals surface area contributed by atoms with Crippen LogP contribution in [0.3, 0.4) is 0 Å². The van der Waals surface area contributed by atoms with Crippen molar-refractivity contribution in [1.29, 1.82) is 0 Å². The number of nitrogens with one attached hydrogen (secondary N) is 1. The van der Waals surface area contributed by atoms with Gasteiger partial charge in [-0.3, -0.25) is 14.5 Å². The zero-order valence-electron chi connectivity index (χ0n) is 19.9. The number of carbonyl (C=O) groups excluding carboxylic acids is 2. The first-order chi connectivity index (χ1) is 15.3. The third kappa shape index (κ3) is 5.99. The van der Waals surface area contributed by atoms with Gasteiger partial charge in [-0.2, -0.15) is 0 Å². The third-order valence-corrected chi connectivity index (χ3v) is 6.62. The van der Waals surface area contributed by atoms with E-state index < -0.39 is 0 Å². The van der Waals surface area contributed by atoms with Crippen LogP contribution in [0.4, 0.5) is 5.69 Å². The Hall–Kier alpha value is -2.16. The molecular weight excluding hydrogens is 410 g/mol. The maximum Gasteiger partial charge on any atom is 0.257 e. The van der Waals surface area contributed by atoms with Gasteiger partial charge in [-0.05, 0) is 50.9 Å². The molecule has 32 heavy (non-hydrogen) atoms. The van der Waals surface area contributed by atoms with Gasteiger partial charge in [0.05, 0.1) is 11.7 Å². The molecule has 3 rings (SSSR count). The second-order valence-electron chi connectivity index (χ2n) is 9.12. The predicted octanol–water partition coefficient (Wildman–Crippen LogP) is 2.49. The largest absolute Gasteiger partial charge is 0.491 e. The lowest BCUT2D eigenvalue weighted by atomic mass is 9.99. The lowest BCUT2D eigenvalue weighted by molar-refractivity contribution is -0.122. The van der Waals surface area contributed by atoms with Crippen LogP contribution in [-0.4, -0.2) is 87.9 Å². The summed E-state index contributed by atoms with van der Waals surface area (Å²) in [7, 11) is 5.54. The molecule has 8 nitrogen and oxygen atoms in total. The monoisotopic (exact) mass is 447 g/mol. The summed E-state index contributed by atoms with van der Waals surface area (Å²) in [5, 5.41) is 2.97. The van der Waals surface area contributed by atoms with Crippen LogP contribution in [-0.2, 0) is 14.3 Å². The number of methoxy groups -OCH3 is 1. The molecule has 1 aromatic carbocycles. The molecule has 0 saturated carbocycles. The number of rotatable bonds is 3. The molecule has 0 bridgehead atoms. The van der Waals surface area contributed by atoms with Crippen molar-refractivity contribution in [3.05, 3.63) is 23.8 Å². The lowest BCUT2D eigenvalue weighted by Crippen LogP contribution is -2.45. The average molecular weight is 448 g/mol. The summed E-state index contributed by atoms with van der Waals surface area (Å²) in [5.74, 6) is 0.504. The van der Waals surface area contributed by atoms with Crippen LogP contribution in [0.5, 0.6) is 5.75 Å². The van der Waals surface area contributed by atoms with Crippen molar-refractivity contribution in [2.24, 2.45) is 11.8 Å². The lowest BCUT2D eigenvalue weighted by Gasteiger charge is -2.34. The van der Waals surface area contributed by atoms with E-state index in [9.17, 15) is 9.59 Å². The van der Waals surface area contributed by atoms with Crippen molar-refractivity contribution >= 4 is 17.5 Å². The highest BCUT2D eigenvalue weighted by atomic mass is 16.5. The van der Waals surface area contributed by atoms with E-state index in [0.29, 0.717) is 56.2 Å². The van der Waals surface area contributed by atoms with Crippen molar-refractivity contribution in [2.75, 3.05) is 59.4 Å². The molecule has 0 unspecified atom stereocenters. The normalized spacial score (nSPS) is 26.5. The first-order valence-electron chi connectivity index (χ1n) is 11.4. The molecule has 2 heterocycles. The molecule has 1 fully saturated rings. The Labute approximate surface area is 191 Å². The summed E-state index contributed by atoms with van der Waals surface area (Å²) >= 11 is 0. The van der Waals surface area contributed by atoms with Gasteiger partial charge < -0.3 is 24.4 Å². The van der Waals surface area contributed by atoms with Gasteiger partial charge in [0.2, 0.25) is 5.91 Å². The molecule has 2 amide bonds. The van der Waals surface area contributed by atoms with Crippen LogP contribution >= 0.6 is 0 Å². The van der Waals surface area contributed by atoms with Gasteiger partial charge in [-0.25, -0.2) is 0 Å². The van der Waals surface area contributed by atoms with Crippen LogP contribution in [0.1, 0.15) is 37.0 Å². The first-order valence-corrected chi connectivity index (χ1v) is 11.4. The van der Waals surface area contributed by atoms with Gasteiger partial charge in [0.1, 0.15) is 12.4 Å². The van der Waals surface area contributed by atoms with Gasteiger partial charge in [0.25, 0.3) is 5.91 Å². The minimum absolute atomic E-state index is 0.0355. The topological polar surface area (TPSA) is 80.3 Å². The van der Waals surface area contributed by atoms with Crippen molar-refractivity contribution in [2.45, 2.75) is 38.8 Å². The second-order valence-corrected chi connectivity index (χ2v) is 9.12. The zero-order chi connectivity index (χ0) is 23.3. The SMILES string of the molecule is CO[C@@H]1CN(C)C(=O)c2cc(NC(=O)C3CCOCC3)ccc2OC[C@@H](C)N(C)C[C@@H]1C. The molecule has 2 aliphatic heterocycles. The van der Waals surface area contributed by atoms with E-state index in [4.69, 9.17) is 14.2 Å². The van der Waals surface area contributed by atoms with E-state index in [-0.39, 0.29) is 35.8 Å². The molecule has 8 heteroatoms. The summed E-state index contributed by atoms with van der Waals surface area (Å²) in [6.45, 7) is 7.22. The molecule has 3 atom stereocenters. The van der Waals surface area contributed by atoms with Gasteiger partial charge in [-0.15, -0.1) is 0 Å². The van der Waals surface area contributed by atoms with E-state index in [2.05, 4.69) is 31.1 Å². The van der Waals surface area contributed by atoms with Crippen molar-refractivity contribution in [3.63, 3.8) is 0 Å². The van der Waals surface area contributed by atoms with Crippen LogP contribution in [0.2, 0.25) is 0 Å². The molecule has 1 N–H and O–H groups in total. The number of benzene rings is 1. The molecule has 1 saturated heterocycles. The fourth-order valence-electron chi connectivity index (χ4n) is 4.24. The summed E-state index contributed by atoms with van der Waals surface area (Å²) in [5.41, 5.74) is 1.04. The fourth-order valence-corrected chi connectivity index (χ4v) is 4.24. The molecule has 2 aliphatic rings. The fraction of sp³-hybridized carbons (Fsp3) is 0.667. The van der Waals surface area contributed by atoms with Crippen LogP contribution in [0.25, 0.3) is 0 Å². The Bertz CT molecular complexity index is 796. The number of fused-ring (bicyclic) bond motifs is 1. The average Bonchev–Trinajstić information content (AvgIpc) is 2.80. The van der Waals surface area contributed by atoms with Gasteiger partial charge >= 0.3 is 0 Å². The van der Waals surface area contributed by atoms with E-state index >= 15 is 0 Å². The number of hydrogen-bond acceptors (Lipinski definition) is 6. The zero-order valence-corrected chi connectivity index (χ0v) is 19.9. The van der Waals surface area contributed by atoms with Gasteiger partial charge in [0.15, 0.2) is 0 Å². The smallest absolute Gasteiger partial charge is 0.257 e. The molecule has 0 aliphatic carbocycles. The predicted molar refractivity (Wildman–Crippen MR) is 123 cm³/mol. The Morgan fingerprint density at radius 1 is 1.16 bits per heavy atom. The molecule has 0 radical (unpaired) electrons. The van der Waals surface area contributed by atoms with Crippen molar-refractivity contribution in [3.8, 4) is 5.75 Å². The summed E-state index contributed by atoms with van der Waals surface area (Å²) in [4.78, 5) is 29.9. The van der Waals surface area contributed by atoms with E-state index in [1.807, 2.05) is 0 Å². The summed E-state index contributed by atoms with van der Waals surface area (Å²) in [6.07, 6.45) is 1.34. The Morgan fingerprint density at radius 3 is 2.56 bits per heavy atom. The van der Waals surface area contributed by atoms with Crippen molar-refractivity contribution in [1.82, 2.24) is 9.80 Å². The molecule has 0 spiro atoms. The summed E-state index contributed by atoms with van der Waals surface area (Å²) < 4.78 is 17.1. The number of hydrogen-bond donors (Lipinski definition) is 1. The Morgan fingerprint density at radius 2 is 1.88 bits per heavy atom. The van der Waals surface area contributed by atoms with Crippen LogP contribution < -0.4 is 10.1 Å². The van der Waals surface area contributed by atoms with E-state index in [1.165, 1.54) is 0 Å². The number of carbonyl (C=O) groups is 2. The first kappa shape index (κ1) is 24.5. The highest BCUT2D eigenvalue weighted by molar-refractivity contribution is 5.99. The highest BCUT2D eigenvalue weighted by Gasteiger charge is 2.28. The molecule has 0 aromatic heterocycles.